The van der Waals surface area contributed by atoms with Crippen molar-refractivity contribution in [3.05, 3.63) is 0 Å². The molecule has 0 amide bonds. The van der Waals surface area contributed by atoms with Crippen LogP contribution in [-0.4, -0.2) is 24.8 Å². The Labute approximate surface area is 71.7 Å². The standard InChI is InChI=1S/C9H14O3/c1-12-9(11)8-5-2-6(4-10)7(8)3-5/h5-8,10H,2-4H2,1H3/t5-,6-,7-,8+/m0/s1. The zero-order chi connectivity index (χ0) is 8.72. The first-order valence-electron chi connectivity index (χ1n) is 4.46. The number of carbonyl (C=O) groups is 1. The maximum atomic E-state index is 11.2. The summed E-state index contributed by atoms with van der Waals surface area (Å²) in [7, 11) is 1.44. The molecule has 0 heterocycles. The van der Waals surface area contributed by atoms with Gasteiger partial charge in [-0.3, -0.25) is 4.79 Å². The molecule has 2 bridgehead atoms. The topological polar surface area (TPSA) is 46.5 Å². The Morgan fingerprint density at radius 3 is 2.83 bits per heavy atom. The van der Waals surface area contributed by atoms with Crippen LogP contribution < -0.4 is 0 Å². The summed E-state index contributed by atoms with van der Waals surface area (Å²) in [5.74, 6) is 1.30. The predicted molar refractivity (Wildman–Crippen MR) is 42.3 cm³/mol. The van der Waals surface area contributed by atoms with E-state index in [1.807, 2.05) is 0 Å². The van der Waals surface area contributed by atoms with Crippen LogP contribution in [0.5, 0.6) is 0 Å². The molecule has 0 aromatic heterocycles. The molecule has 3 aliphatic carbocycles. The first kappa shape index (κ1) is 8.05. The Balaban J connectivity index is 2.01. The van der Waals surface area contributed by atoms with Crippen molar-refractivity contribution < 1.29 is 14.6 Å². The average molecular weight is 170 g/mol. The van der Waals surface area contributed by atoms with Crippen LogP contribution in [0.2, 0.25) is 0 Å². The normalized spacial score (nSPS) is 43.8. The molecule has 0 spiro atoms. The molecule has 3 aliphatic rings. The quantitative estimate of drug-likeness (QED) is 0.611. The Bertz CT molecular complexity index is 202. The number of hydrogen-bond acceptors (Lipinski definition) is 3. The molecular weight excluding hydrogens is 156 g/mol. The molecule has 0 aromatic rings. The molecule has 0 unspecified atom stereocenters. The number of hydrogen-bond donors (Lipinski definition) is 1. The number of carbonyl (C=O) groups excluding carboxylic acids is 1. The Kier molecular flexibility index (Phi) is 1.83. The van der Waals surface area contributed by atoms with Crippen LogP contribution in [0.15, 0.2) is 0 Å². The molecular formula is C9H14O3. The minimum absolute atomic E-state index is 0.0767. The van der Waals surface area contributed by atoms with Gasteiger partial charge in [0.2, 0.25) is 0 Å². The molecule has 0 aromatic carbocycles. The van der Waals surface area contributed by atoms with Crippen LogP contribution in [-0.2, 0) is 9.53 Å². The van der Waals surface area contributed by atoms with E-state index in [9.17, 15) is 4.79 Å². The van der Waals surface area contributed by atoms with Gasteiger partial charge in [0, 0.05) is 6.61 Å². The lowest BCUT2D eigenvalue weighted by Gasteiger charge is -2.34. The number of aliphatic hydroxyl groups excluding tert-OH is 1. The van der Waals surface area contributed by atoms with E-state index >= 15 is 0 Å². The monoisotopic (exact) mass is 170 g/mol. The fraction of sp³-hybridized carbons (Fsp3) is 0.889. The van der Waals surface area contributed by atoms with Gasteiger partial charge in [-0.2, -0.15) is 0 Å². The first-order chi connectivity index (χ1) is 5.77. The smallest absolute Gasteiger partial charge is 0.309 e. The number of ether oxygens (including phenoxy) is 1. The van der Waals surface area contributed by atoms with Crippen molar-refractivity contribution in [1.29, 1.82) is 0 Å². The summed E-state index contributed by atoms with van der Waals surface area (Å²) in [4.78, 5) is 11.2. The van der Waals surface area contributed by atoms with E-state index < -0.39 is 0 Å². The van der Waals surface area contributed by atoms with Crippen molar-refractivity contribution in [3.8, 4) is 0 Å². The maximum Gasteiger partial charge on any atom is 0.309 e. The molecule has 0 radical (unpaired) electrons. The zero-order valence-corrected chi connectivity index (χ0v) is 7.19. The van der Waals surface area contributed by atoms with Crippen LogP contribution in [0.1, 0.15) is 12.8 Å². The lowest BCUT2D eigenvalue weighted by molar-refractivity contribution is -0.153. The summed E-state index contributed by atoms with van der Waals surface area (Å²) in [6, 6.07) is 0. The van der Waals surface area contributed by atoms with Crippen molar-refractivity contribution in [2.45, 2.75) is 12.8 Å². The number of aliphatic hydroxyl groups is 1. The lowest BCUT2D eigenvalue weighted by Crippen LogP contribution is -2.37. The molecule has 3 rings (SSSR count). The fourth-order valence-electron chi connectivity index (χ4n) is 2.80. The summed E-state index contributed by atoms with van der Waals surface area (Å²) in [6.07, 6.45) is 2.13. The molecule has 68 valence electrons. The molecule has 3 saturated carbocycles. The molecule has 3 heteroatoms. The summed E-state index contributed by atoms with van der Waals surface area (Å²) in [5.41, 5.74) is 0. The van der Waals surface area contributed by atoms with E-state index in [1.54, 1.807) is 0 Å². The van der Waals surface area contributed by atoms with Crippen molar-refractivity contribution in [2.75, 3.05) is 13.7 Å². The zero-order valence-electron chi connectivity index (χ0n) is 7.19. The van der Waals surface area contributed by atoms with Gasteiger partial charge >= 0.3 is 5.97 Å². The van der Waals surface area contributed by atoms with Gasteiger partial charge in [-0.1, -0.05) is 0 Å². The second kappa shape index (κ2) is 2.73. The fourth-order valence-corrected chi connectivity index (χ4v) is 2.80. The van der Waals surface area contributed by atoms with Crippen LogP contribution in [0, 0.1) is 23.7 Å². The lowest BCUT2D eigenvalue weighted by atomic mass is 9.71. The first-order valence-corrected chi connectivity index (χ1v) is 4.46. The van der Waals surface area contributed by atoms with Crippen molar-refractivity contribution in [1.82, 2.24) is 0 Å². The third-order valence-electron chi connectivity index (χ3n) is 3.46. The van der Waals surface area contributed by atoms with Crippen LogP contribution in [0.3, 0.4) is 0 Å². The number of esters is 1. The highest BCUT2D eigenvalue weighted by molar-refractivity contribution is 5.74. The third kappa shape index (κ3) is 0.891. The van der Waals surface area contributed by atoms with Crippen LogP contribution in [0.4, 0.5) is 0 Å². The molecule has 3 nitrogen and oxygen atoms in total. The van der Waals surface area contributed by atoms with Crippen LogP contribution in [0.25, 0.3) is 0 Å². The summed E-state index contributed by atoms with van der Waals surface area (Å²) in [5, 5.41) is 8.98. The summed E-state index contributed by atoms with van der Waals surface area (Å²) < 4.78 is 4.71. The highest BCUT2D eigenvalue weighted by Crippen LogP contribution is 2.57. The van der Waals surface area contributed by atoms with Gasteiger partial charge in [-0.15, -0.1) is 0 Å². The predicted octanol–water partition coefficient (Wildman–Crippen LogP) is 0.424. The Morgan fingerprint density at radius 1 is 1.58 bits per heavy atom. The van der Waals surface area contributed by atoms with E-state index in [2.05, 4.69) is 0 Å². The number of fused-ring (bicyclic) bond motifs is 1. The van der Waals surface area contributed by atoms with Gasteiger partial charge in [0.05, 0.1) is 13.0 Å². The molecule has 3 fully saturated rings. The Morgan fingerprint density at radius 2 is 2.33 bits per heavy atom. The molecule has 12 heavy (non-hydrogen) atoms. The van der Waals surface area contributed by atoms with Crippen molar-refractivity contribution in [3.63, 3.8) is 0 Å². The minimum Gasteiger partial charge on any atom is -0.469 e. The van der Waals surface area contributed by atoms with E-state index in [0.717, 1.165) is 12.8 Å². The van der Waals surface area contributed by atoms with Gasteiger partial charge in [-0.05, 0) is 30.6 Å². The molecule has 1 N–H and O–H groups in total. The molecule has 4 atom stereocenters. The van der Waals surface area contributed by atoms with Gasteiger partial charge in [0.25, 0.3) is 0 Å². The second-order valence-corrected chi connectivity index (χ2v) is 3.89. The van der Waals surface area contributed by atoms with Gasteiger partial charge in [-0.25, -0.2) is 0 Å². The van der Waals surface area contributed by atoms with Crippen LogP contribution >= 0.6 is 0 Å². The molecule has 0 saturated heterocycles. The van der Waals surface area contributed by atoms with Gasteiger partial charge < -0.3 is 9.84 Å². The van der Waals surface area contributed by atoms with Gasteiger partial charge in [0.1, 0.15) is 0 Å². The van der Waals surface area contributed by atoms with Gasteiger partial charge in [0.15, 0.2) is 0 Å². The summed E-state index contributed by atoms with van der Waals surface area (Å²) >= 11 is 0. The van der Waals surface area contributed by atoms with E-state index in [0.29, 0.717) is 17.8 Å². The number of methoxy groups -OCH3 is 1. The van der Waals surface area contributed by atoms with Crippen molar-refractivity contribution in [2.24, 2.45) is 23.7 Å². The summed E-state index contributed by atoms with van der Waals surface area (Å²) in [6.45, 7) is 0.231. The SMILES string of the molecule is COC(=O)[C@@H]1[C@H]2C[C@@H](CO)[C@@H]1C2. The average Bonchev–Trinajstić information content (AvgIpc) is 2.59. The highest BCUT2D eigenvalue weighted by Gasteiger charge is 2.56. The third-order valence-corrected chi connectivity index (χ3v) is 3.46. The second-order valence-electron chi connectivity index (χ2n) is 3.89. The Hall–Kier alpha value is -0.570. The van der Waals surface area contributed by atoms with E-state index in [4.69, 9.17) is 9.84 Å². The molecule has 0 aliphatic heterocycles. The van der Waals surface area contributed by atoms with E-state index in [-0.39, 0.29) is 18.5 Å². The van der Waals surface area contributed by atoms with Crippen molar-refractivity contribution >= 4 is 5.97 Å². The van der Waals surface area contributed by atoms with E-state index in [1.165, 1.54) is 7.11 Å². The maximum absolute atomic E-state index is 11.2. The highest BCUT2D eigenvalue weighted by atomic mass is 16.5. The largest absolute Gasteiger partial charge is 0.469 e. The number of rotatable bonds is 2. The minimum atomic E-state index is -0.0767.